The van der Waals surface area contributed by atoms with Crippen LogP contribution < -0.4 is 0 Å². The van der Waals surface area contributed by atoms with Gasteiger partial charge in [0.25, 0.3) is 0 Å². The quantitative estimate of drug-likeness (QED) is 0.834. The van der Waals surface area contributed by atoms with Crippen molar-refractivity contribution in [2.75, 3.05) is 39.4 Å². The van der Waals surface area contributed by atoms with Crippen LogP contribution in [0.15, 0.2) is 24.3 Å². The number of amides is 1. The second kappa shape index (κ2) is 8.17. The molecule has 3 heterocycles. The zero-order valence-corrected chi connectivity index (χ0v) is 15.9. The van der Waals surface area contributed by atoms with Gasteiger partial charge in [0.05, 0.1) is 12.6 Å². The highest BCUT2D eigenvalue weighted by atomic mass is 19.1. The molecule has 6 nitrogen and oxygen atoms in total. The number of hydrogen-bond donors (Lipinski definition) is 1. The van der Waals surface area contributed by atoms with Gasteiger partial charge in [0.2, 0.25) is 5.91 Å². The van der Waals surface area contributed by atoms with Gasteiger partial charge in [-0.05, 0) is 42.4 Å². The van der Waals surface area contributed by atoms with Crippen molar-refractivity contribution in [3.63, 3.8) is 0 Å². The van der Waals surface area contributed by atoms with Gasteiger partial charge in [0.1, 0.15) is 5.82 Å². The number of carbonyl (C=O) groups is 2. The lowest BCUT2D eigenvalue weighted by Gasteiger charge is -2.31. The number of likely N-dealkylation sites (tertiary alicyclic amines) is 2. The second-order valence-electron chi connectivity index (χ2n) is 8.32. The monoisotopic (exact) mass is 390 g/mol. The maximum Gasteiger partial charge on any atom is 0.317 e. The molecule has 3 atom stereocenters. The molecule has 1 N–H and O–H groups in total. The van der Waals surface area contributed by atoms with Crippen LogP contribution in [0.25, 0.3) is 0 Å². The Morgan fingerprint density at radius 2 is 1.96 bits per heavy atom. The highest BCUT2D eigenvalue weighted by molar-refractivity contribution is 5.77. The van der Waals surface area contributed by atoms with Crippen molar-refractivity contribution >= 4 is 11.9 Å². The fourth-order valence-electron chi connectivity index (χ4n) is 5.15. The zero-order chi connectivity index (χ0) is 19.7. The molecule has 7 heteroatoms. The molecule has 3 fully saturated rings. The van der Waals surface area contributed by atoms with E-state index in [9.17, 15) is 14.0 Å². The maximum absolute atomic E-state index is 13.9. The molecule has 4 rings (SSSR count). The minimum absolute atomic E-state index is 0.0128. The van der Waals surface area contributed by atoms with Crippen molar-refractivity contribution in [2.24, 2.45) is 17.8 Å². The number of nitrogens with zero attached hydrogens (tertiary/aromatic N) is 2. The number of carboxylic acids is 1. The summed E-state index contributed by atoms with van der Waals surface area (Å²) in [4.78, 5) is 28.1. The number of aliphatic carboxylic acids is 1. The largest absolute Gasteiger partial charge is 0.480 e. The summed E-state index contributed by atoms with van der Waals surface area (Å²) in [5.74, 6) is -0.308. The van der Waals surface area contributed by atoms with Gasteiger partial charge in [-0.2, -0.15) is 0 Å². The minimum Gasteiger partial charge on any atom is -0.480 e. The highest BCUT2D eigenvalue weighted by Gasteiger charge is 2.49. The molecule has 1 aromatic carbocycles. The van der Waals surface area contributed by atoms with E-state index in [4.69, 9.17) is 9.84 Å². The van der Waals surface area contributed by atoms with Gasteiger partial charge in [-0.3, -0.25) is 14.5 Å². The number of ether oxygens (including phenoxy) is 1. The van der Waals surface area contributed by atoms with E-state index < -0.39 is 5.97 Å². The van der Waals surface area contributed by atoms with E-state index in [-0.39, 0.29) is 36.1 Å². The number of rotatable bonds is 5. The molecule has 0 spiro atoms. The van der Waals surface area contributed by atoms with Gasteiger partial charge in [0, 0.05) is 45.2 Å². The predicted molar refractivity (Wildman–Crippen MR) is 100 cm³/mol. The Balaban J connectivity index is 1.54. The fourth-order valence-corrected chi connectivity index (χ4v) is 5.15. The zero-order valence-electron chi connectivity index (χ0n) is 15.9. The SMILES string of the molecule is O=C(O)CN1C[C@H]2CN(C(=O)CC3CCOCC3)[C@H](c3cccc(F)c3)[C@H]2C1. The van der Waals surface area contributed by atoms with Crippen LogP contribution in [0, 0.1) is 23.6 Å². The standard InChI is InChI=1S/C21H27FN2O4/c22-17-3-1-2-15(9-17)21-18-12-23(13-20(26)27)10-16(18)11-24(21)19(25)8-14-4-6-28-7-5-14/h1-3,9,14,16,18,21H,4-8,10-13H2,(H,26,27)/t16-,18-,21+/m0/s1. The topological polar surface area (TPSA) is 70.1 Å². The van der Waals surface area contributed by atoms with Crippen molar-refractivity contribution in [1.82, 2.24) is 9.80 Å². The van der Waals surface area contributed by atoms with E-state index in [2.05, 4.69) is 0 Å². The summed E-state index contributed by atoms with van der Waals surface area (Å²) >= 11 is 0. The van der Waals surface area contributed by atoms with Gasteiger partial charge in [-0.25, -0.2) is 4.39 Å². The van der Waals surface area contributed by atoms with Crippen LogP contribution >= 0.6 is 0 Å². The van der Waals surface area contributed by atoms with Crippen molar-refractivity contribution in [1.29, 1.82) is 0 Å². The molecule has 1 aromatic rings. The van der Waals surface area contributed by atoms with E-state index in [1.54, 1.807) is 6.07 Å². The van der Waals surface area contributed by atoms with Crippen LogP contribution in [0.5, 0.6) is 0 Å². The van der Waals surface area contributed by atoms with E-state index in [1.165, 1.54) is 12.1 Å². The molecule has 0 radical (unpaired) electrons. The average Bonchev–Trinajstić information content (AvgIpc) is 3.19. The van der Waals surface area contributed by atoms with E-state index >= 15 is 0 Å². The lowest BCUT2D eigenvalue weighted by Crippen LogP contribution is -2.38. The van der Waals surface area contributed by atoms with Crippen molar-refractivity contribution in [3.05, 3.63) is 35.6 Å². The number of carboxylic acid groups (broad SMARTS) is 1. The number of carbonyl (C=O) groups excluding carboxylic acids is 1. The molecule has 0 unspecified atom stereocenters. The number of halogens is 1. The second-order valence-corrected chi connectivity index (χ2v) is 8.32. The third kappa shape index (κ3) is 4.05. The number of fused-ring (bicyclic) bond motifs is 1. The van der Waals surface area contributed by atoms with Gasteiger partial charge < -0.3 is 14.7 Å². The third-order valence-corrected chi connectivity index (χ3v) is 6.41. The van der Waals surface area contributed by atoms with Crippen molar-refractivity contribution in [2.45, 2.75) is 25.3 Å². The lowest BCUT2D eigenvalue weighted by atomic mass is 9.89. The summed E-state index contributed by atoms with van der Waals surface area (Å²) in [5, 5.41) is 9.11. The van der Waals surface area contributed by atoms with Crippen molar-refractivity contribution in [3.8, 4) is 0 Å². The summed E-state index contributed by atoms with van der Waals surface area (Å²) in [6.07, 6.45) is 2.32. The molecule has 0 aliphatic carbocycles. The molecule has 1 amide bonds. The Labute approximate surface area is 164 Å². The van der Waals surface area contributed by atoms with Crippen LogP contribution in [0.1, 0.15) is 30.9 Å². The van der Waals surface area contributed by atoms with Gasteiger partial charge in [0.15, 0.2) is 0 Å². The van der Waals surface area contributed by atoms with Gasteiger partial charge in [-0.15, -0.1) is 0 Å². The first kappa shape index (κ1) is 19.3. The predicted octanol–water partition coefficient (Wildman–Crippen LogP) is 2.16. The smallest absolute Gasteiger partial charge is 0.317 e. The van der Waals surface area contributed by atoms with Crippen molar-refractivity contribution < 1.29 is 23.8 Å². The Bertz CT molecular complexity index is 737. The molecule has 28 heavy (non-hydrogen) atoms. The Morgan fingerprint density at radius 3 is 2.68 bits per heavy atom. The summed E-state index contributed by atoms with van der Waals surface area (Å²) in [6, 6.07) is 6.30. The summed E-state index contributed by atoms with van der Waals surface area (Å²) in [7, 11) is 0. The lowest BCUT2D eigenvalue weighted by molar-refractivity contribution is -0.139. The molecule has 3 aliphatic heterocycles. The minimum atomic E-state index is -0.838. The van der Waals surface area contributed by atoms with Crippen LogP contribution in [-0.2, 0) is 14.3 Å². The summed E-state index contributed by atoms with van der Waals surface area (Å²) in [6.45, 7) is 3.34. The van der Waals surface area contributed by atoms with Gasteiger partial charge >= 0.3 is 5.97 Å². The van der Waals surface area contributed by atoms with Crippen LogP contribution in [-0.4, -0.2) is 66.2 Å². The number of benzene rings is 1. The first-order valence-corrected chi connectivity index (χ1v) is 10.1. The third-order valence-electron chi connectivity index (χ3n) is 6.41. The van der Waals surface area contributed by atoms with Crippen LogP contribution in [0.4, 0.5) is 4.39 Å². The number of hydrogen-bond acceptors (Lipinski definition) is 4. The molecule has 152 valence electrons. The van der Waals surface area contributed by atoms with Gasteiger partial charge in [-0.1, -0.05) is 12.1 Å². The Kier molecular flexibility index (Phi) is 5.64. The maximum atomic E-state index is 13.9. The first-order valence-electron chi connectivity index (χ1n) is 10.1. The van der Waals surface area contributed by atoms with Crippen LogP contribution in [0.3, 0.4) is 0 Å². The normalized spacial score (nSPS) is 28.5. The first-order chi connectivity index (χ1) is 13.5. The van der Waals surface area contributed by atoms with E-state index in [0.29, 0.717) is 45.2 Å². The van der Waals surface area contributed by atoms with Crippen LogP contribution in [0.2, 0.25) is 0 Å². The molecule has 3 aliphatic rings. The molecule has 3 saturated heterocycles. The summed E-state index contributed by atoms with van der Waals surface area (Å²) < 4.78 is 19.3. The average molecular weight is 390 g/mol. The van der Waals surface area contributed by atoms with E-state index in [0.717, 1.165) is 18.4 Å². The summed E-state index contributed by atoms with van der Waals surface area (Å²) in [5.41, 5.74) is 0.810. The Hall–Kier alpha value is -1.99. The fraction of sp³-hybridized carbons (Fsp3) is 0.619. The molecular formula is C21H27FN2O4. The van der Waals surface area contributed by atoms with E-state index in [1.807, 2.05) is 15.9 Å². The Morgan fingerprint density at radius 1 is 1.18 bits per heavy atom. The molecular weight excluding hydrogens is 363 g/mol. The molecule has 0 saturated carbocycles. The highest BCUT2D eigenvalue weighted by Crippen LogP contribution is 2.45. The molecule has 0 aromatic heterocycles. The molecule has 0 bridgehead atoms.